The van der Waals surface area contributed by atoms with Gasteiger partial charge in [0.25, 0.3) is 0 Å². The summed E-state index contributed by atoms with van der Waals surface area (Å²) < 4.78 is 0. The van der Waals surface area contributed by atoms with E-state index in [9.17, 15) is 4.79 Å². The molecular formula is C17H23ClN2O. The predicted molar refractivity (Wildman–Crippen MR) is 90.5 cm³/mol. The maximum absolute atomic E-state index is 12.2. The number of carbonyl (C=O) groups excluding carboxylic acids is 1. The van der Waals surface area contributed by atoms with Gasteiger partial charge in [0.2, 0.25) is 5.91 Å². The highest BCUT2D eigenvalue weighted by molar-refractivity contribution is 5.85. The first kappa shape index (κ1) is 17.5. The molecule has 21 heavy (non-hydrogen) atoms. The van der Waals surface area contributed by atoms with Gasteiger partial charge in [-0.3, -0.25) is 4.79 Å². The van der Waals surface area contributed by atoms with Crippen molar-refractivity contribution < 1.29 is 4.79 Å². The fourth-order valence-electron chi connectivity index (χ4n) is 2.26. The summed E-state index contributed by atoms with van der Waals surface area (Å²) in [7, 11) is 1.83. The van der Waals surface area contributed by atoms with Crippen molar-refractivity contribution in [3.63, 3.8) is 0 Å². The zero-order valence-corrected chi connectivity index (χ0v) is 13.6. The molecule has 0 aromatic heterocycles. The molecule has 0 fully saturated rings. The van der Waals surface area contributed by atoms with Gasteiger partial charge in [0, 0.05) is 19.6 Å². The zero-order valence-electron chi connectivity index (χ0n) is 12.7. The number of halogens is 1. The first-order valence-electron chi connectivity index (χ1n) is 6.97. The topological polar surface area (TPSA) is 46.3 Å². The first-order chi connectivity index (χ1) is 9.49. The number of nitrogens with two attached hydrogens (primary N) is 1. The molecule has 0 bridgehead atoms. The highest BCUT2D eigenvalue weighted by atomic mass is 35.5. The number of benzene rings is 2. The summed E-state index contributed by atoms with van der Waals surface area (Å²) in [4.78, 5) is 13.9. The molecule has 0 aliphatic carbocycles. The van der Waals surface area contributed by atoms with E-state index in [1.54, 1.807) is 4.90 Å². The third-order valence-corrected chi connectivity index (χ3v) is 3.79. The molecule has 2 N–H and O–H groups in total. The summed E-state index contributed by atoms with van der Waals surface area (Å²) in [5, 5.41) is 2.42. The third kappa shape index (κ3) is 4.19. The van der Waals surface area contributed by atoms with Crippen molar-refractivity contribution in [3.8, 4) is 0 Å². The van der Waals surface area contributed by atoms with Crippen LogP contribution in [0.4, 0.5) is 0 Å². The molecule has 4 heteroatoms. The average molecular weight is 307 g/mol. The van der Waals surface area contributed by atoms with Crippen molar-refractivity contribution in [2.75, 3.05) is 7.05 Å². The lowest BCUT2D eigenvalue weighted by Gasteiger charge is -2.23. The van der Waals surface area contributed by atoms with Crippen molar-refractivity contribution in [2.45, 2.75) is 26.4 Å². The minimum atomic E-state index is -0.152. The Hall–Kier alpha value is -1.58. The molecule has 114 valence electrons. The highest BCUT2D eigenvalue weighted by Crippen LogP contribution is 2.17. The fourth-order valence-corrected chi connectivity index (χ4v) is 2.26. The molecule has 0 heterocycles. The van der Waals surface area contributed by atoms with E-state index in [0.29, 0.717) is 6.54 Å². The molecule has 2 atom stereocenters. The predicted octanol–water partition coefficient (Wildman–Crippen LogP) is 3.20. The second-order valence-electron chi connectivity index (χ2n) is 5.52. The molecular weight excluding hydrogens is 284 g/mol. The van der Waals surface area contributed by atoms with Crippen LogP contribution in [0, 0.1) is 5.92 Å². The van der Waals surface area contributed by atoms with Crippen molar-refractivity contribution in [2.24, 2.45) is 11.7 Å². The second kappa shape index (κ2) is 7.43. The summed E-state index contributed by atoms with van der Waals surface area (Å²) in [6.07, 6.45) is 0. The van der Waals surface area contributed by atoms with E-state index in [4.69, 9.17) is 5.73 Å². The smallest absolute Gasteiger partial charge is 0.226 e. The molecule has 2 aromatic rings. The number of rotatable bonds is 4. The van der Waals surface area contributed by atoms with Gasteiger partial charge >= 0.3 is 0 Å². The highest BCUT2D eigenvalue weighted by Gasteiger charge is 2.20. The van der Waals surface area contributed by atoms with Gasteiger partial charge in [-0.25, -0.2) is 0 Å². The van der Waals surface area contributed by atoms with Crippen LogP contribution < -0.4 is 5.73 Å². The van der Waals surface area contributed by atoms with Crippen molar-refractivity contribution >= 4 is 29.1 Å². The Balaban J connectivity index is 0.00000220. The average Bonchev–Trinajstić information content (AvgIpc) is 2.45. The molecule has 1 amide bonds. The maximum atomic E-state index is 12.2. The van der Waals surface area contributed by atoms with Crippen LogP contribution in [0.25, 0.3) is 10.8 Å². The number of hydrogen-bond donors (Lipinski definition) is 1. The summed E-state index contributed by atoms with van der Waals surface area (Å²) in [6.45, 7) is 4.36. The molecule has 0 saturated carbocycles. The Labute approximate surface area is 132 Å². The van der Waals surface area contributed by atoms with Crippen molar-refractivity contribution in [1.29, 1.82) is 0 Å². The van der Waals surface area contributed by atoms with Crippen LogP contribution in [0.5, 0.6) is 0 Å². The Morgan fingerprint density at radius 3 is 2.38 bits per heavy atom. The largest absolute Gasteiger partial charge is 0.341 e. The van der Waals surface area contributed by atoms with E-state index in [1.165, 1.54) is 10.8 Å². The zero-order chi connectivity index (χ0) is 14.7. The number of carbonyl (C=O) groups is 1. The maximum Gasteiger partial charge on any atom is 0.226 e. The van der Waals surface area contributed by atoms with Gasteiger partial charge in [-0.2, -0.15) is 0 Å². The lowest BCUT2D eigenvalue weighted by Crippen LogP contribution is -2.39. The van der Waals surface area contributed by atoms with Crippen LogP contribution in [0.3, 0.4) is 0 Å². The Morgan fingerprint density at radius 2 is 1.76 bits per heavy atom. The van der Waals surface area contributed by atoms with E-state index in [0.717, 1.165) is 5.56 Å². The molecule has 2 rings (SSSR count). The van der Waals surface area contributed by atoms with Gasteiger partial charge in [-0.1, -0.05) is 43.3 Å². The molecule has 3 nitrogen and oxygen atoms in total. The number of nitrogens with zero attached hydrogens (tertiary/aromatic N) is 1. The van der Waals surface area contributed by atoms with E-state index in [1.807, 2.05) is 33.0 Å². The van der Waals surface area contributed by atoms with Gasteiger partial charge in [0.1, 0.15) is 0 Å². The Kier molecular flexibility index (Phi) is 6.19. The number of amides is 1. The van der Waals surface area contributed by atoms with Crippen LogP contribution in [0.2, 0.25) is 0 Å². The lowest BCUT2D eigenvalue weighted by molar-refractivity contribution is -0.134. The minimum absolute atomic E-state index is 0. The molecule has 0 spiro atoms. The molecule has 0 aliphatic rings. The molecule has 2 unspecified atom stereocenters. The van der Waals surface area contributed by atoms with Crippen LogP contribution in [-0.2, 0) is 11.3 Å². The fraction of sp³-hybridized carbons (Fsp3) is 0.353. The Morgan fingerprint density at radius 1 is 1.14 bits per heavy atom. The van der Waals surface area contributed by atoms with Gasteiger partial charge in [0.15, 0.2) is 0 Å². The molecule has 0 aliphatic heterocycles. The van der Waals surface area contributed by atoms with Gasteiger partial charge < -0.3 is 10.6 Å². The quantitative estimate of drug-likeness (QED) is 0.943. The summed E-state index contributed by atoms with van der Waals surface area (Å²) in [5.74, 6) is -0.0615. The van der Waals surface area contributed by atoms with Crippen molar-refractivity contribution in [1.82, 2.24) is 4.90 Å². The standard InChI is InChI=1S/C17H22N2O.ClH/c1-12(13(2)18)17(20)19(3)11-14-8-9-15-6-4-5-7-16(15)10-14;/h4-10,12-13H,11,18H2,1-3H3;1H. The lowest BCUT2D eigenvalue weighted by atomic mass is 10.0. The third-order valence-electron chi connectivity index (χ3n) is 3.79. The van der Waals surface area contributed by atoms with E-state index >= 15 is 0 Å². The first-order valence-corrected chi connectivity index (χ1v) is 6.97. The van der Waals surface area contributed by atoms with E-state index in [2.05, 4.69) is 30.3 Å². The van der Waals surface area contributed by atoms with E-state index < -0.39 is 0 Å². The second-order valence-corrected chi connectivity index (χ2v) is 5.52. The molecule has 0 radical (unpaired) electrons. The normalized spacial score (nSPS) is 13.3. The SMILES string of the molecule is CC(N)C(C)C(=O)N(C)Cc1ccc2ccccc2c1.Cl. The molecule has 2 aromatic carbocycles. The van der Waals surface area contributed by atoms with Crippen LogP contribution in [-0.4, -0.2) is 23.9 Å². The Bertz CT molecular complexity index is 613. The molecule has 0 saturated heterocycles. The number of hydrogen-bond acceptors (Lipinski definition) is 2. The summed E-state index contributed by atoms with van der Waals surface area (Å²) in [5.41, 5.74) is 6.93. The van der Waals surface area contributed by atoms with E-state index in [-0.39, 0.29) is 30.3 Å². The minimum Gasteiger partial charge on any atom is -0.341 e. The van der Waals surface area contributed by atoms with Crippen LogP contribution in [0.15, 0.2) is 42.5 Å². The van der Waals surface area contributed by atoms with Gasteiger partial charge in [0.05, 0.1) is 5.92 Å². The number of fused-ring (bicyclic) bond motifs is 1. The van der Waals surface area contributed by atoms with Gasteiger partial charge in [-0.15, -0.1) is 12.4 Å². The van der Waals surface area contributed by atoms with Crippen LogP contribution in [0.1, 0.15) is 19.4 Å². The van der Waals surface area contributed by atoms with Crippen LogP contribution >= 0.6 is 12.4 Å². The van der Waals surface area contributed by atoms with Crippen molar-refractivity contribution in [3.05, 3.63) is 48.0 Å². The van der Waals surface area contributed by atoms with Gasteiger partial charge in [-0.05, 0) is 29.3 Å². The summed E-state index contributed by atoms with van der Waals surface area (Å²) >= 11 is 0. The summed E-state index contributed by atoms with van der Waals surface area (Å²) in [6, 6.07) is 14.4. The monoisotopic (exact) mass is 306 g/mol.